The molecule has 4 aromatic rings. The lowest BCUT2D eigenvalue weighted by Crippen LogP contribution is -2.54. The number of nitrogens with one attached hydrogen (secondary N) is 3. The highest BCUT2D eigenvalue weighted by Crippen LogP contribution is 2.35. The van der Waals surface area contributed by atoms with Crippen LogP contribution < -0.4 is 15.4 Å². The number of carbonyl (C=O) groups is 6. The number of anilines is 1. The summed E-state index contributed by atoms with van der Waals surface area (Å²) in [5, 5.41) is 7.12. The van der Waals surface area contributed by atoms with Crippen molar-refractivity contribution in [2.45, 2.75) is 44.2 Å². The Bertz CT molecular complexity index is 2390. The summed E-state index contributed by atoms with van der Waals surface area (Å²) < 4.78 is 5.84. The molecule has 2 aromatic heterocycles. The maximum Gasteiger partial charge on any atom is 0.266 e. The Balaban J connectivity index is 0.688. The van der Waals surface area contributed by atoms with Crippen LogP contribution in [0.1, 0.15) is 52.8 Å². The van der Waals surface area contributed by atoms with Crippen molar-refractivity contribution in [3.05, 3.63) is 71.0 Å². The van der Waals surface area contributed by atoms with Crippen LogP contribution in [0.15, 0.2) is 54.9 Å². The molecule has 6 amide bonds. The Morgan fingerprint density at radius 1 is 0.836 bits per heavy atom. The van der Waals surface area contributed by atoms with Crippen molar-refractivity contribution in [2.24, 2.45) is 5.92 Å². The first kappa shape index (κ1) is 40.5. The number of aromatic amines is 1. The molecule has 318 valence electrons. The summed E-state index contributed by atoms with van der Waals surface area (Å²) in [6.07, 6.45) is 6.40. The number of hydrogen-bond acceptors (Lipinski definition) is 12. The van der Waals surface area contributed by atoms with Gasteiger partial charge in [0.2, 0.25) is 23.7 Å². The van der Waals surface area contributed by atoms with E-state index in [0.29, 0.717) is 55.3 Å². The molecule has 3 N–H and O–H groups in total. The van der Waals surface area contributed by atoms with E-state index in [1.807, 2.05) is 35.4 Å². The lowest BCUT2D eigenvalue weighted by atomic mass is 9.96. The quantitative estimate of drug-likeness (QED) is 0.187. The van der Waals surface area contributed by atoms with Crippen LogP contribution in [0.2, 0.25) is 5.02 Å². The highest BCUT2D eigenvalue weighted by molar-refractivity contribution is 6.33. The van der Waals surface area contributed by atoms with E-state index in [1.165, 1.54) is 12.1 Å². The highest BCUT2D eigenvalue weighted by Gasteiger charge is 2.46. The minimum absolute atomic E-state index is 0.0183. The number of para-hydroxylation sites is 1. The fourth-order valence-corrected chi connectivity index (χ4v) is 9.37. The lowest BCUT2D eigenvalue weighted by molar-refractivity contribution is -0.136. The van der Waals surface area contributed by atoms with Crippen LogP contribution in [0.25, 0.3) is 22.2 Å². The molecule has 0 bridgehead atoms. The lowest BCUT2D eigenvalue weighted by Gasteiger charge is -2.39. The van der Waals surface area contributed by atoms with Gasteiger partial charge in [0, 0.05) is 80.9 Å². The highest BCUT2D eigenvalue weighted by atomic mass is 35.5. The summed E-state index contributed by atoms with van der Waals surface area (Å²) in [6, 6.07) is 11.5. The van der Waals surface area contributed by atoms with Gasteiger partial charge in [0.1, 0.15) is 11.8 Å². The monoisotopic (exact) mass is 850 g/mol. The molecule has 2 aromatic carbocycles. The maximum atomic E-state index is 13.4. The topological polar surface area (TPSA) is 193 Å². The van der Waals surface area contributed by atoms with Crippen molar-refractivity contribution in [2.75, 3.05) is 77.4 Å². The van der Waals surface area contributed by atoms with Gasteiger partial charge in [-0.1, -0.05) is 35.9 Å². The first-order valence-electron chi connectivity index (χ1n) is 20.9. The number of rotatable bonds is 11. The number of benzene rings is 2. The number of likely N-dealkylation sites (tertiary alicyclic amines) is 2. The fourth-order valence-electron chi connectivity index (χ4n) is 9.18. The maximum absolute atomic E-state index is 13.4. The normalized spacial score (nSPS) is 21.6. The van der Waals surface area contributed by atoms with Gasteiger partial charge in [0.15, 0.2) is 6.61 Å². The van der Waals surface area contributed by atoms with Crippen LogP contribution in [0.3, 0.4) is 0 Å². The minimum atomic E-state index is -1.09. The van der Waals surface area contributed by atoms with Crippen LogP contribution >= 0.6 is 11.6 Å². The summed E-state index contributed by atoms with van der Waals surface area (Å²) in [7, 11) is 0. The molecule has 4 saturated heterocycles. The van der Waals surface area contributed by atoms with Gasteiger partial charge < -0.3 is 24.8 Å². The summed E-state index contributed by atoms with van der Waals surface area (Å²) in [5.74, 6) is -1.43. The van der Waals surface area contributed by atoms with E-state index in [9.17, 15) is 28.8 Å². The summed E-state index contributed by atoms with van der Waals surface area (Å²) in [4.78, 5) is 98.8. The molecule has 7 heterocycles. The molecule has 61 heavy (non-hydrogen) atoms. The smallest absolute Gasteiger partial charge is 0.266 e. The zero-order valence-corrected chi connectivity index (χ0v) is 34.4. The number of H-pyrrole nitrogens is 1. The molecule has 9 rings (SSSR count). The zero-order valence-electron chi connectivity index (χ0n) is 33.6. The molecular formula is C43H47ClN10O7. The van der Waals surface area contributed by atoms with Crippen molar-refractivity contribution in [3.8, 4) is 17.0 Å². The van der Waals surface area contributed by atoms with Gasteiger partial charge in [-0.15, -0.1) is 0 Å². The fraction of sp³-hybridized carbons (Fsp3) is 0.442. The van der Waals surface area contributed by atoms with Crippen molar-refractivity contribution >= 4 is 63.9 Å². The largest absolute Gasteiger partial charge is 0.483 e. The van der Waals surface area contributed by atoms with Crippen molar-refractivity contribution in [1.82, 2.24) is 44.8 Å². The molecule has 0 saturated carbocycles. The number of nitrogens with zero attached hydrogens (tertiary/aromatic N) is 7. The van der Waals surface area contributed by atoms with Crippen LogP contribution in [0.4, 0.5) is 5.95 Å². The Hall–Kier alpha value is -5.91. The van der Waals surface area contributed by atoms with Crippen molar-refractivity contribution in [1.29, 1.82) is 0 Å². The number of piperidine rings is 2. The van der Waals surface area contributed by atoms with Crippen LogP contribution in [-0.4, -0.2) is 159 Å². The molecule has 0 aliphatic carbocycles. The minimum Gasteiger partial charge on any atom is -0.483 e. The third kappa shape index (κ3) is 8.41. The molecular weight excluding hydrogens is 804 g/mol. The van der Waals surface area contributed by atoms with Gasteiger partial charge >= 0.3 is 0 Å². The summed E-state index contributed by atoms with van der Waals surface area (Å²) in [5.41, 5.74) is 2.69. The molecule has 1 unspecified atom stereocenters. The van der Waals surface area contributed by atoms with E-state index in [1.54, 1.807) is 17.2 Å². The SMILES string of the molecule is O=C1CCC(N2C(=O)c3cccc(OCC(=O)N4CCN(CC5CCN(CC(=O)N6CC[C@@H](Nc7ncc(Cl)c(-c8c[nH]c9ccccc89)n7)C6)CC5)CC4)c3C2=O)C(=O)N1. The van der Waals surface area contributed by atoms with Gasteiger partial charge in [-0.05, 0) is 62.9 Å². The molecule has 17 nitrogen and oxygen atoms in total. The molecule has 2 atom stereocenters. The van der Waals surface area contributed by atoms with Gasteiger partial charge in [0.05, 0.1) is 34.6 Å². The van der Waals surface area contributed by atoms with Crippen LogP contribution in [0, 0.1) is 5.92 Å². The number of halogens is 1. The molecule has 5 aliphatic rings. The Morgan fingerprint density at radius 3 is 2.44 bits per heavy atom. The van der Waals surface area contributed by atoms with E-state index >= 15 is 0 Å². The molecule has 0 radical (unpaired) electrons. The van der Waals surface area contributed by atoms with E-state index in [2.05, 4.69) is 30.4 Å². The van der Waals surface area contributed by atoms with Gasteiger partial charge in [-0.3, -0.25) is 48.8 Å². The Labute approximate surface area is 356 Å². The number of carbonyl (C=O) groups excluding carboxylic acids is 6. The van der Waals surface area contributed by atoms with E-state index in [4.69, 9.17) is 21.3 Å². The number of imide groups is 2. The second-order valence-electron chi connectivity index (χ2n) is 16.4. The third-order valence-corrected chi connectivity index (χ3v) is 12.8. The number of fused-ring (bicyclic) bond motifs is 2. The predicted molar refractivity (Wildman–Crippen MR) is 224 cm³/mol. The average Bonchev–Trinajstić information content (AvgIpc) is 3.98. The first-order valence-corrected chi connectivity index (χ1v) is 21.3. The van der Waals surface area contributed by atoms with E-state index in [-0.39, 0.29) is 54.2 Å². The Kier molecular flexibility index (Phi) is 11.4. The summed E-state index contributed by atoms with van der Waals surface area (Å²) >= 11 is 6.53. The van der Waals surface area contributed by atoms with Crippen molar-refractivity contribution in [3.63, 3.8) is 0 Å². The van der Waals surface area contributed by atoms with Gasteiger partial charge in [-0.2, -0.15) is 0 Å². The zero-order chi connectivity index (χ0) is 42.2. The predicted octanol–water partition coefficient (Wildman–Crippen LogP) is 2.63. The first-order chi connectivity index (χ1) is 29.6. The summed E-state index contributed by atoms with van der Waals surface area (Å²) in [6.45, 7) is 6.58. The van der Waals surface area contributed by atoms with E-state index < -0.39 is 29.7 Å². The third-order valence-electron chi connectivity index (χ3n) is 12.6. The number of piperazine rings is 1. The molecule has 4 fully saturated rings. The number of ether oxygens (including phenoxy) is 1. The number of aromatic nitrogens is 3. The molecule has 5 aliphatic heterocycles. The number of amides is 6. The number of hydrogen-bond donors (Lipinski definition) is 3. The van der Waals surface area contributed by atoms with Crippen LogP contribution in [0.5, 0.6) is 5.75 Å². The second-order valence-corrected chi connectivity index (χ2v) is 16.8. The average molecular weight is 851 g/mol. The van der Waals surface area contributed by atoms with Crippen LogP contribution in [-0.2, 0) is 19.2 Å². The standard InChI is InChI=1S/C43H47ClN10O7/c44-31-21-46-43(49-39(31)30-20-45-32-6-2-1-4-28(30)32)47-27-12-15-53(23-27)36(56)24-50-13-10-26(11-14-50)22-51-16-18-52(19-17-51)37(57)25-61-34-7-3-5-29-38(34)42(60)54(41(29)59)33-8-9-35(55)48-40(33)58/h1-7,20-21,26-27,33,45H,8-19,22-25H2,(H,46,47,49)(H,48,55,58)/t27-,33?/m1/s1. The van der Waals surface area contributed by atoms with Crippen molar-refractivity contribution < 1.29 is 33.5 Å². The molecule has 0 spiro atoms. The van der Waals surface area contributed by atoms with Gasteiger partial charge in [-0.25, -0.2) is 9.97 Å². The second kappa shape index (κ2) is 17.2. The molecule has 18 heteroatoms. The van der Waals surface area contributed by atoms with E-state index in [0.717, 1.165) is 73.4 Å². The Morgan fingerprint density at radius 2 is 1.64 bits per heavy atom. The van der Waals surface area contributed by atoms with Gasteiger partial charge in [0.25, 0.3) is 17.7 Å².